The Labute approximate surface area is 258 Å². The molecule has 3 rings (SSSR count). The number of sulfonamides is 1. The van der Waals surface area contributed by atoms with E-state index in [1.165, 1.54) is 35.2 Å². The quantitative estimate of drug-likeness (QED) is 0.241. The van der Waals surface area contributed by atoms with E-state index in [4.69, 9.17) is 27.9 Å². The van der Waals surface area contributed by atoms with E-state index in [0.29, 0.717) is 18.6 Å². The van der Waals surface area contributed by atoms with Crippen LogP contribution < -0.4 is 14.4 Å². The van der Waals surface area contributed by atoms with Crippen LogP contribution in [-0.4, -0.2) is 50.9 Å². The van der Waals surface area contributed by atoms with Crippen LogP contribution in [0.5, 0.6) is 5.75 Å². The number of nitrogens with one attached hydrogen (secondary N) is 1. The van der Waals surface area contributed by atoms with Crippen molar-refractivity contribution in [2.45, 2.75) is 64.1 Å². The van der Waals surface area contributed by atoms with E-state index in [1.807, 2.05) is 27.7 Å². The fourth-order valence-electron chi connectivity index (χ4n) is 4.34. The third-order valence-electron chi connectivity index (χ3n) is 6.92. The summed E-state index contributed by atoms with van der Waals surface area (Å²) < 4.78 is 34.2. The first-order valence-corrected chi connectivity index (χ1v) is 15.9. The summed E-state index contributed by atoms with van der Waals surface area (Å²) in [5.74, 6) is -0.234. The van der Waals surface area contributed by atoms with E-state index >= 15 is 0 Å². The fourth-order valence-corrected chi connectivity index (χ4v) is 6.25. The van der Waals surface area contributed by atoms with Gasteiger partial charge in [0.05, 0.1) is 17.7 Å². The molecule has 2 unspecified atom stereocenters. The summed E-state index contributed by atoms with van der Waals surface area (Å²) >= 11 is 12.5. The molecule has 0 aliphatic carbocycles. The lowest BCUT2D eigenvalue weighted by Gasteiger charge is -2.33. The Morgan fingerprint density at radius 2 is 1.52 bits per heavy atom. The molecule has 1 N–H and O–H groups in total. The van der Waals surface area contributed by atoms with Crippen molar-refractivity contribution in [2.75, 3.05) is 18.0 Å². The lowest BCUT2D eigenvalue weighted by atomic mass is 10.1. The van der Waals surface area contributed by atoms with Crippen molar-refractivity contribution < 1.29 is 22.7 Å². The molecule has 42 heavy (non-hydrogen) atoms. The number of carbonyl (C=O) groups is 2. The van der Waals surface area contributed by atoms with Crippen LogP contribution in [0.15, 0.2) is 71.6 Å². The fraction of sp³-hybridized carbons (Fsp3) is 0.355. The zero-order chi connectivity index (χ0) is 31.0. The number of halogens is 2. The van der Waals surface area contributed by atoms with Crippen LogP contribution in [0.3, 0.4) is 0 Å². The monoisotopic (exact) mass is 633 g/mol. The van der Waals surface area contributed by atoms with Gasteiger partial charge in [-0.3, -0.25) is 13.9 Å². The molecule has 226 valence electrons. The first kappa shape index (κ1) is 33.2. The van der Waals surface area contributed by atoms with Gasteiger partial charge in [-0.2, -0.15) is 0 Å². The van der Waals surface area contributed by atoms with E-state index in [2.05, 4.69) is 5.32 Å². The number of carbonyl (C=O) groups excluding carboxylic acids is 2. The van der Waals surface area contributed by atoms with Gasteiger partial charge in [0, 0.05) is 22.6 Å². The molecule has 0 heterocycles. The SMILES string of the molecule is CCC(C)NC(=O)C(CC)N(Cc1ccc(OC)cc1)C(=O)CN(c1cc(Cl)cc(Cl)c1)S(=O)(=O)c1ccc(C)cc1. The second kappa shape index (κ2) is 14.8. The van der Waals surface area contributed by atoms with Gasteiger partial charge in [0.2, 0.25) is 11.8 Å². The van der Waals surface area contributed by atoms with Crippen LogP contribution in [0.1, 0.15) is 44.7 Å². The molecule has 0 aliphatic heterocycles. The van der Waals surface area contributed by atoms with Gasteiger partial charge in [-0.05, 0) is 74.7 Å². The molecule has 8 nitrogen and oxygen atoms in total. The second-order valence-corrected chi connectivity index (χ2v) is 12.8. The number of rotatable bonds is 13. The third-order valence-corrected chi connectivity index (χ3v) is 9.15. The Hall–Kier alpha value is -3.27. The summed E-state index contributed by atoms with van der Waals surface area (Å²) in [6.07, 6.45) is 1.03. The highest BCUT2D eigenvalue weighted by Crippen LogP contribution is 2.30. The van der Waals surface area contributed by atoms with Crippen molar-refractivity contribution in [1.29, 1.82) is 0 Å². The molecule has 0 saturated heterocycles. The minimum atomic E-state index is -4.24. The van der Waals surface area contributed by atoms with Crippen LogP contribution in [-0.2, 0) is 26.2 Å². The molecule has 2 amide bonds. The normalized spacial score (nSPS) is 12.7. The highest BCUT2D eigenvalue weighted by atomic mass is 35.5. The highest BCUT2D eigenvalue weighted by Gasteiger charge is 2.34. The van der Waals surface area contributed by atoms with Gasteiger partial charge in [0.15, 0.2) is 0 Å². The van der Waals surface area contributed by atoms with Gasteiger partial charge >= 0.3 is 0 Å². The Morgan fingerprint density at radius 1 is 0.929 bits per heavy atom. The molecule has 0 spiro atoms. The largest absolute Gasteiger partial charge is 0.497 e. The smallest absolute Gasteiger partial charge is 0.264 e. The van der Waals surface area contributed by atoms with E-state index < -0.39 is 28.5 Å². The molecule has 0 radical (unpaired) electrons. The van der Waals surface area contributed by atoms with Gasteiger partial charge in [0.25, 0.3) is 10.0 Å². The topological polar surface area (TPSA) is 96.0 Å². The second-order valence-electron chi connectivity index (χ2n) is 10.1. The summed E-state index contributed by atoms with van der Waals surface area (Å²) in [7, 11) is -2.68. The van der Waals surface area contributed by atoms with E-state index in [0.717, 1.165) is 15.4 Å². The molecule has 0 saturated carbocycles. The number of aryl methyl sites for hydroxylation is 1. The van der Waals surface area contributed by atoms with Crippen LogP contribution in [0.2, 0.25) is 10.0 Å². The van der Waals surface area contributed by atoms with E-state index in [1.54, 1.807) is 43.5 Å². The molecule has 3 aromatic rings. The molecular weight excluding hydrogens is 597 g/mol. The maximum Gasteiger partial charge on any atom is 0.264 e. The summed E-state index contributed by atoms with van der Waals surface area (Å²) in [4.78, 5) is 29.0. The van der Waals surface area contributed by atoms with Gasteiger partial charge in [-0.1, -0.05) is 66.9 Å². The Balaban J connectivity index is 2.09. The van der Waals surface area contributed by atoms with Crippen molar-refractivity contribution in [3.8, 4) is 5.75 Å². The number of nitrogens with zero attached hydrogens (tertiary/aromatic N) is 2. The standard InChI is InChI=1S/C31H37Cl2N3O5S/c1-6-22(4)34-31(38)29(7-2)35(19-23-10-12-27(41-5)13-11-23)30(37)20-36(26-17-24(32)16-25(33)18-26)42(39,40)28-14-8-21(3)9-15-28/h8-18,22,29H,6-7,19-20H2,1-5H3,(H,34,38). The number of anilines is 1. The summed E-state index contributed by atoms with van der Waals surface area (Å²) in [5, 5.41) is 3.38. The maximum atomic E-state index is 14.2. The molecule has 0 aromatic heterocycles. The lowest BCUT2D eigenvalue weighted by Crippen LogP contribution is -2.53. The third kappa shape index (κ3) is 8.40. The van der Waals surface area contributed by atoms with Gasteiger partial charge in [-0.15, -0.1) is 0 Å². The van der Waals surface area contributed by atoms with Crippen LogP contribution >= 0.6 is 23.2 Å². The maximum absolute atomic E-state index is 14.2. The molecular formula is C31H37Cl2N3O5S. The lowest BCUT2D eigenvalue weighted by molar-refractivity contribution is -0.140. The predicted octanol–water partition coefficient (Wildman–Crippen LogP) is 6.23. The van der Waals surface area contributed by atoms with E-state index in [-0.39, 0.29) is 39.1 Å². The summed E-state index contributed by atoms with van der Waals surface area (Å²) in [5.41, 5.74) is 1.76. The Morgan fingerprint density at radius 3 is 2.05 bits per heavy atom. The van der Waals surface area contributed by atoms with Crippen LogP contribution in [0, 0.1) is 6.92 Å². The van der Waals surface area contributed by atoms with Crippen molar-refractivity contribution in [3.63, 3.8) is 0 Å². The number of hydrogen-bond acceptors (Lipinski definition) is 5. The number of amides is 2. The highest BCUT2D eigenvalue weighted by molar-refractivity contribution is 7.92. The van der Waals surface area contributed by atoms with E-state index in [9.17, 15) is 18.0 Å². The first-order chi connectivity index (χ1) is 19.9. The number of hydrogen-bond donors (Lipinski definition) is 1. The number of benzene rings is 3. The Bertz CT molecular complexity index is 1460. The van der Waals surface area contributed by atoms with Gasteiger partial charge < -0.3 is 15.0 Å². The van der Waals surface area contributed by atoms with Crippen LogP contribution in [0.4, 0.5) is 5.69 Å². The zero-order valence-corrected chi connectivity index (χ0v) is 26.8. The van der Waals surface area contributed by atoms with Crippen LogP contribution in [0.25, 0.3) is 0 Å². The number of ether oxygens (including phenoxy) is 1. The molecule has 3 aromatic carbocycles. The van der Waals surface area contributed by atoms with Gasteiger partial charge in [0.1, 0.15) is 18.3 Å². The first-order valence-electron chi connectivity index (χ1n) is 13.7. The predicted molar refractivity (Wildman–Crippen MR) is 168 cm³/mol. The van der Waals surface area contributed by atoms with Crippen molar-refractivity contribution >= 4 is 50.7 Å². The minimum Gasteiger partial charge on any atom is -0.497 e. The minimum absolute atomic E-state index is 0.000238. The molecule has 11 heteroatoms. The number of methoxy groups -OCH3 is 1. The zero-order valence-electron chi connectivity index (χ0n) is 24.4. The Kier molecular flexibility index (Phi) is 11.7. The van der Waals surface area contributed by atoms with Crippen molar-refractivity contribution in [3.05, 3.63) is 87.9 Å². The van der Waals surface area contributed by atoms with Crippen molar-refractivity contribution in [1.82, 2.24) is 10.2 Å². The molecule has 0 aliphatic rings. The van der Waals surface area contributed by atoms with Crippen molar-refractivity contribution in [2.24, 2.45) is 0 Å². The molecule has 2 atom stereocenters. The van der Waals surface area contributed by atoms with Gasteiger partial charge in [-0.25, -0.2) is 8.42 Å². The average molecular weight is 635 g/mol. The molecule has 0 bridgehead atoms. The average Bonchev–Trinajstić information content (AvgIpc) is 2.95. The summed E-state index contributed by atoms with van der Waals surface area (Å²) in [6, 6.07) is 16.9. The summed E-state index contributed by atoms with van der Waals surface area (Å²) in [6.45, 7) is 6.99. The molecule has 0 fully saturated rings.